The molecule has 4 heteroatoms. The van der Waals surface area contributed by atoms with E-state index >= 15 is 0 Å². The maximum atomic E-state index is 5.28. The second-order valence-electron chi connectivity index (χ2n) is 4.82. The molecule has 3 rings (SSSR count). The molecule has 0 saturated heterocycles. The van der Waals surface area contributed by atoms with Crippen LogP contribution in [0.5, 0.6) is 5.75 Å². The van der Waals surface area contributed by atoms with Crippen LogP contribution in [0, 0.1) is 6.92 Å². The molecule has 1 aromatic carbocycles. The molecule has 2 aromatic heterocycles. The third-order valence-electron chi connectivity index (χ3n) is 3.32. The number of anilines is 1. The normalized spacial score (nSPS) is 10.6. The van der Waals surface area contributed by atoms with Gasteiger partial charge in [-0.3, -0.25) is 0 Å². The van der Waals surface area contributed by atoms with Crippen molar-refractivity contribution in [2.75, 3.05) is 12.4 Å². The Balaban J connectivity index is 1.66. The quantitative estimate of drug-likeness (QED) is 0.680. The molecule has 1 N–H and O–H groups in total. The number of aryl methyl sites for hydroxylation is 1. The van der Waals surface area contributed by atoms with Crippen molar-refractivity contribution in [1.29, 1.82) is 0 Å². The van der Waals surface area contributed by atoms with E-state index in [0.29, 0.717) is 0 Å². The molecule has 0 spiro atoms. The summed E-state index contributed by atoms with van der Waals surface area (Å²) in [6, 6.07) is 12.7. The number of hydrogen-bond acceptors (Lipinski definition) is 4. The fourth-order valence-electron chi connectivity index (χ4n) is 2.22. The summed E-state index contributed by atoms with van der Waals surface area (Å²) in [5.74, 6) is 0.927. The van der Waals surface area contributed by atoms with Gasteiger partial charge in [0.1, 0.15) is 5.75 Å². The first-order valence-corrected chi connectivity index (χ1v) is 8.52. The fraction of sp³-hybridized carbons (Fsp3) is 0.176. The molecule has 0 bridgehead atoms. The van der Waals surface area contributed by atoms with Crippen molar-refractivity contribution in [2.45, 2.75) is 13.5 Å². The first kappa shape index (κ1) is 14.2. The van der Waals surface area contributed by atoms with Crippen molar-refractivity contribution in [2.24, 2.45) is 0 Å². The highest BCUT2D eigenvalue weighted by atomic mass is 32.1. The molecule has 0 aliphatic heterocycles. The summed E-state index contributed by atoms with van der Waals surface area (Å²) in [6.07, 6.45) is 0. The minimum absolute atomic E-state index is 0.849. The van der Waals surface area contributed by atoms with Gasteiger partial charge in [0.25, 0.3) is 0 Å². The molecule has 0 radical (unpaired) electrons. The Labute approximate surface area is 133 Å². The van der Waals surface area contributed by atoms with Gasteiger partial charge in [-0.2, -0.15) is 0 Å². The SMILES string of the molecule is COc1ccc(NCc2cc(-c3cccs3)cs2)cc1C. The molecule has 0 unspecified atom stereocenters. The first-order valence-electron chi connectivity index (χ1n) is 6.76. The minimum atomic E-state index is 0.849. The van der Waals surface area contributed by atoms with Crippen LogP contribution in [0.1, 0.15) is 10.4 Å². The van der Waals surface area contributed by atoms with Crippen molar-refractivity contribution in [3.8, 4) is 16.2 Å². The standard InChI is InChI=1S/C17H17NOS2/c1-12-8-14(5-6-16(12)19-2)18-10-15-9-13(11-21-15)17-4-3-7-20-17/h3-9,11,18H,10H2,1-2H3. The highest BCUT2D eigenvalue weighted by Crippen LogP contribution is 2.30. The lowest BCUT2D eigenvalue weighted by molar-refractivity contribution is 0.412. The number of hydrogen-bond donors (Lipinski definition) is 1. The summed E-state index contributed by atoms with van der Waals surface area (Å²) >= 11 is 3.58. The molecular formula is C17H17NOS2. The van der Waals surface area contributed by atoms with E-state index in [0.717, 1.165) is 23.5 Å². The zero-order valence-electron chi connectivity index (χ0n) is 12.1. The molecule has 0 atom stereocenters. The third-order valence-corrected chi connectivity index (χ3v) is 5.18. The molecule has 0 fully saturated rings. The summed E-state index contributed by atoms with van der Waals surface area (Å²) in [4.78, 5) is 2.67. The Hall–Kier alpha value is -1.78. The number of benzene rings is 1. The zero-order chi connectivity index (χ0) is 14.7. The number of thiophene rings is 2. The van der Waals surface area contributed by atoms with E-state index in [2.05, 4.69) is 53.3 Å². The maximum Gasteiger partial charge on any atom is 0.121 e. The van der Waals surface area contributed by atoms with Gasteiger partial charge in [0.05, 0.1) is 7.11 Å². The van der Waals surface area contributed by atoms with Crippen molar-refractivity contribution in [1.82, 2.24) is 0 Å². The van der Waals surface area contributed by atoms with Crippen LogP contribution in [0.2, 0.25) is 0 Å². The molecule has 2 heterocycles. The van der Waals surface area contributed by atoms with Crippen LogP contribution >= 0.6 is 22.7 Å². The van der Waals surface area contributed by atoms with E-state index in [1.54, 1.807) is 29.8 Å². The lowest BCUT2D eigenvalue weighted by Crippen LogP contribution is -1.98. The zero-order valence-corrected chi connectivity index (χ0v) is 13.7. The average molecular weight is 315 g/mol. The molecule has 3 aromatic rings. The number of ether oxygens (including phenoxy) is 1. The molecule has 0 saturated carbocycles. The predicted octanol–water partition coefficient (Wildman–Crippen LogP) is 5.41. The van der Waals surface area contributed by atoms with Gasteiger partial charge in [-0.1, -0.05) is 6.07 Å². The number of nitrogens with one attached hydrogen (secondary N) is 1. The molecule has 2 nitrogen and oxygen atoms in total. The topological polar surface area (TPSA) is 21.3 Å². The predicted molar refractivity (Wildman–Crippen MR) is 92.7 cm³/mol. The Bertz CT molecular complexity index is 716. The number of methoxy groups -OCH3 is 1. The fourth-order valence-corrected chi connectivity index (χ4v) is 3.84. The van der Waals surface area contributed by atoms with Crippen LogP contribution in [-0.4, -0.2) is 7.11 Å². The minimum Gasteiger partial charge on any atom is -0.496 e. The molecular weight excluding hydrogens is 298 g/mol. The van der Waals surface area contributed by atoms with Gasteiger partial charge in [-0.25, -0.2) is 0 Å². The Morgan fingerprint density at radius 1 is 1.14 bits per heavy atom. The summed E-state index contributed by atoms with van der Waals surface area (Å²) in [5, 5.41) is 7.81. The lowest BCUT2D eigenvalue weighted by Gasteiger charge is -2.09. The van der Waals surface area contributed by atoms with Crippen molar-refractivity contribution in [3.63, 3.8) is 0 Å². The monoisotopic (exact) mass is 315 g/mol. The smallest absolute Gasteiger partial charge is 0.121 e. The highest BCUT2D eigenvalue weighted by molar-refractivity contribution is 7.14. The number of rotatable bonds is 5. The van der Waals surface area contributed by atoms with Gasteiger partial charge >= 0.3 is 0 Å². The van der Waals surface area contributed by atoms with E-state index in [4.69, 9.17) is 4.74 Å². The Morgan fingerprint density at radius 2 is 2.05 bits per heavy atom. The van der Waals surface area contributed by atoms with Crippen LogP contribution in [0.25, 0.3) is 10.4 Å². The van der Waals surface area contributed by atoms with Gasteiger partial charge in [0, 0.05) is 27.5 Å². The van der Waals surface area contributed by atoms with Gasteiger partial charge in [0.15, 0.2) is 0 Å². The summed E-state index contributed by atoms with van der Waals surface area (Å²) in [5.41, 5.74) is 3.59. The second kappa shape index (κ2) is 6.33. The van der Waals surface area contributed by atoms with E-state index in [1.165, 1.54) is 15.3 Å². The van der Waals surface area contributed by atoms with Gasteiger partial charge in [0.2, 0.25) is 0 Å². The summed E-state index contributed by atoms with van der Waals surface area (Å²) < 4.78 is 5.28. The second-order valence-corrected chi connectivity index (χ2v) is 6.76. The van der Waals surface area contributed by atoms with E-state index in [1.807, 2.05) is 6.07 Å². The summed E-state index contributed by atoms with van der Waals surface area (Å²) in [6.45, 7) is 2.91. The highest BCUT2D eigenvalue weighted by Gasteiger charge is 2.04. The summed E-state index contributed by atoms with van der Waals surface area (Å²) in [7, 11) is 1.70. The molecule has 108 valence electrons. The molecule has 21 heavy (non-hydrogen) atoms. The Kier molecular flexibility index (Phi) is 4.27. The maximum absolute atomic E-state index is 5.28. The van der Waals surface area contributed by atoms with E-state index < -0.39 is 0 Å². The Morgan fingerprint density at radius 3 is 2.76 bits per heavy atom. The van der Waals surface area contributed by atoms with Crippen LogP contribution in [-0.2, 0) is 6.54 Å². The molecule has 0 amide bonds. The van der Waals surface area contributed by atoms with Gasteiger partial charge in [-0.15, -0.1) is 22.7 Å². The van der Waals surface area contributed by atoms with Crippen LogP contribution in [0.15, 0.2) is 47.2 Å². The first-order chi connectivity index (χ1) is 10.3. The lowest BCUT2D eigenvalue weighted by atomic mass is 10.2. The van der Waals surface area contributed by atoms with Gasteiger partial charge < -0.3 is 10.1 Å². The van der Waals surface area contributed by atoms with E-state index in [-0.39, 0.29) is 0 Å². The van der Waals surface area contributed by atoms with Crippen LogP contribution < -0.4 is 10.1 Å². The van der Waals surface area contributed by atoms with Gasteiger partial charge in [-0.05, 0) is 53.6 Å². The third kappa shape index (κ3) is 3.28. The van der Waals surface area contributed by atoms with Crippen LogP contribution in [0.3, 0.4) is 0 Å². The van der Waals surface area contributed by atoms with Crippen molar-refractivity contribution >= 4 is 28.4 Å². The average Bonchev–Trinajstić information content (AvgIpc) is 3.16. The molecule has 0 aliphatic rings. The van der Waals surface area contributed by atoms with Crippen molar-refractivity contribution < 1.29 is 4.74 Å². The van der Waals surface area contributed by atoms with Crippen molar-refractivity contribution in [3.05, 3.63) is 57.6 Å². The largest absolute Gasteiger partial charge is 0.496 e. The van der Waals surface area contributed by atoms with Crippen LogP contribution in [0.4, 0.5) is 5.69 Å². The molecule has 0 aliphatic carbocycles. The van der Waals surface area contributed by atoms with E-state index in [9.17, 15) is 0 Å².